The van der Waals surface area contributed by atoms with Gasteiger partial charge in [-0.15, -0.1) is 13.2 Å². The Kier molecular flexibility index (Phi) is 15.3. The van der Waals surface area contributed by atoms with E-state index in [2.05, 4.69) is 107 Å². The monoisotopic (exact) mass is 520 g/mol. The van der Waals surface area contributed by atoms with Crippen LogP contribution in [0.1, 0.15) is 50.8 Å². The van der Waals surface area contributed by atoms with Crippen LogP contribution in [0.2, 0.25) is 0 Å². The molecular formula is C32H45ClN4. The highest BCUT2D eigenvalue weighted by molar-refractivity contribution is 6.29. The molecule has 37 heavy (non-hydrogen) atoms. The molecular weight excluding hydrogens is 476 g/mol. The van der Waals surface area contributed by atoms with Crippen molar-refractivity contribution in [2.45, 2.75) is 52.5 Å². The van der Waals surface area contributed by atoms with E-state index in [9.17, 15) is 0 Å². The van der Waals surface area contributed by atoms with E-state index in [4.69, 9.17) is 11.6 Å². The van der Waals surface area contributed by atoms with Gasteiger partial charge >= 0.3 is 0 Å². The highest BCUT2D eigenvalue weighted by Gasteiger charge is 2.16. The minimum absolute atomic E-state index is 0.946. The molecule has 1 aliphatic rings. The van der Waals surface area contributed by atoms with E-state index in [-0.39, 0.29) is 0 Å². The van der Waals surface area contributed by atoms with Crippen molar-refractivity contribution in [3.05, 3.63) is 109 Å². The number of imidazole rings is 1. The van der Waals surface area contributed by atoms with Gasteiger partial charge in [-0.2, -0.15) is 0 Å². The molecule has 0 spiro atoms. The second-order valence-corrected chi connectivity index (χ2v) is 9.49. The van der Waals surface area contributed by atoms with Gasteiger partial charge in [0.25, 0.3) is 0 Å². The zero-order chi connectivity index (χ0) is 26.7. The van der Waals surface area contributed by atoms with Crippen LogP contribution in [0.3, 0.4) is 0 Å². The SMILES string of the molecule is C=C.CC/C=C\C/C=C(/Cl)CC.c1ccc(CN2CCN(CCCc3cnc4ccccn34)CC2)cc1. The third-order valence-corrected chi connectivity index (χ3v) is 6.75. The second-order valence-electron chi connectivity index (χ2n) is 9.01. The number of allylic oxidation sites excluding steroid dienone is 4. The first-order chi connectivity index (χ1) is 18.2. The normalized spacial score (nSPS) is 14.7. The summed E-state index contributed by atoms with van der Waals surface area (Å²) >= 11 is 5.77. The summed E-state index contributed by atoms with van der Waals surface area (Å²) in [6.45, 7) is 17.1. The number of hydrogen-bond acceptors (Lipinski definition) is 3. The molecule has 0 amide bonds. The van der Waals surface area contributed by atoms with Crippen molar-refractivity contribution in [3.63, 3.8) is 0 Å². The molecule has 1 fully saturated rings. The lowest BCUT2D eigenvalue weighted by Gasteiger charge is -2.34. The fraction of sp³-hybridized carbons (Fsp3) is 0.406. The van der Waals surface area contributed by atoms with Gasteiger partial charge in [0.15, 0.2) is 0 Å². The summed E-state index contributed by atoms with van der Waals surface area (Å²) in [5, 5.41) is 0.959. The molecule has 1 aromatic carbocycles. The Bertz CT molecular complexity index is 1050. The molecule has 0 atom stereocenters. The molecule has 1 saturated heterocycles. The summed E-state index contributed by atoms with van der Waals surface area (Å²) in [6.07, 6.45) is 15.8. The number of rotatable bonds is 10. The van der Waals surface area contributed by atoms with Crippen LogP contribution in [-0.2, 0) is 13.0 Å². The van der Waals surface area contributed by atoms with Gasteiger partial charge in [0.1, 0.15) is 5.65 Å². The van der Waals surface area contributed by atoms with Crippen molar-refractivity contribution in [2.24, 2.45) is 0 Å². The van der Waals surface area contributed by atoms with Crippen molar-refractivity contribution in [1.29, 1.82) is 0 Å². The van der Waals surface area contributed by atoms with Gasteiger partial charge in [0.05, 0.1) is 0 Å². The zero-order valence-corrected chi connectivity index (χ0v) is 23.6. The molecule has 5 heteroatoms. The summed E-state index contributed by atoms with van der Waals surface area (Å²) in [5.41, 5.74) is 3.79. The van der Waals surface area contributed by atoms with Crippen molar-refractivity contribution in [3.8, 4) is 0 Å². The molecule has 2 aromatic heterocycles. The Balaban J connectivity index is 0.000000341. The number of nitrogens with zero attached hydrogens (tertiary/aromatic N) is 4. The van der Waals surface area contributed by atoms with E-state index in [0.717, 1.165) is 42.9 Å². The number of aromatic nitrogens is 2. The van der Waals surface area contributed by atoms with E-state index in [1.54, 1.807) is 0 Å². The minimum atomic E-state index is 0.946. The summed E-state index contributed by atoms with van der Waals surface area (Å²) in [5.74, 6) is 0. The number of aryl methyl sites for hydroxylation is 1. The Morgan fingerprint density at radius 1 is 0.946 bits per heavy atom. The molecule has 0 N–H and O–H groups in total. The first-order valence-electron chi connectivity index (χ1n) is 13.6. The van der Waals surface area contributed by atoms with Crippen LogP contribution >= 0.6 is 11.6 Å². The van der Waals surface area contributed by atoms with Crippen molar-refractivity contribution in [2.75, 3.05) is 32.7 Å². The fourth-order valence-corrected chi connectivity index (χ4v) is 4.36. The van der Waals surface area contributed by atoms with Crippen LogP contribution in [0.15, 0.2) is 97.3 Å². The average Bonchev–Trinajstić information content (AvgIpc) is 3.37. The van der Waals surface area contributed by atoms with E-state index < -0.39 is 0 Å². The number of benzene rings is 1. The third kappa shape index (κ3) is 11.5. The molecule has 0 unspecified atom stereocenters. The fourth-order valence-electron chi connectivity index (χ4n) is 4.27. The maximum Gasteiger partial charge on any atom is 0.136 e. The van der Waals surface area contributed by atoms with Crippen LogP contribution in [0.5, 0.6) is 0 Å². The van der Waals surface area contributed by atoms with Crippen molar-refractivity contribution >= 4 is 17.2 Å². The molecule has 1 aliphatic heterocycles. The number of fused-ring (bicyclic) bond motifs is 1. The standard InChI is InChI=1S/C21H26N4.C9H15Cl.C2H4/c1-2-7-19(8-3-1)18-24-15-13-23(14-16-24)11-6-9-20-17-22-21-10-4-5-12-25(20)21;1-3-5-6-7-8-9(10)4-2;1-2/h1-5,7-8,10,12,17H,6,9,11,13-16,18H2;5-6,8H,3-4,7H2,1-2H3;1-2H2/b;6-5-,9-8+;. The lowest BCUT2D eigenvalue weighted by Crippen LogP contribution is -2.46. The quantitative estimate of drug-likeness (QED) is 0.255. The molecule has 0 bridgehead atoms. The number of hydrogen-bond donors (Lipinski definition) is 0. The summed E-state index contributed by atoms with van der Waals surface area (Å²) in [4.78, 5) is 9.64. The molecule has 0 saturated carbocycles. The molecule has 200 valence electrons. The van der Waals surface area contributed by atoms with Crippen LogP contribution in [0.4, 0.5) is 0 Å². The Labute approximate surface area is 230 Å². The Morgan fingerprint density at radius 2 is 1.65 bits per heavy atom. The highest BCUT2D eigenvalue weighted by Crippen LogP contribution is 2.11. The van der Waals surface area contributed by atoms with E-state index in [1.807, 2.05) is 18.3 Å². The minimum Gasteiger partial charge on any atom is -0.304 e. The molecule has 4 rings (SSSR count). The van der Waals surface area contributed by atoms with Gasteiger partial charge < -0.3 is 9.30 Å². The molecule has 0 aliphatic carbocycles. The van der Waals surface area contributed by atoms with Crippen molar-refractivity contribution < 1.29 is 0 Å². The van der Waals surface area contributed by atoms with E-state index >= 15 is 0 Å². The first kappa shape index (κ1) is 30.6. The van der Waals surface area contributed by atoms with Crippen molar-refractivity contribution in [1.82, 2.24) is 19.2 Å². The van der Waals surface area contributed by atoms with Crippen LogP contribution in [-0.4, -0.2) is 51.9 Å². The first-order valence-corrected chi connectivity index (χ1v) is 14.0. The van der Waals surface area contributed by atoms with E-state index in [0.29, 0.717) is 0 Å². The lowest BCUT2D eigenvalue weighted by molar-refractivity contribution is 0.126. The predicted molar refractivity (Wildman–Crippen MR) is 161 cm³/mol. The molecule has 0 radical (unpaired) electrons. The average molecular weight is 521 g/mol. The van der Waals surface area contributed by atoms with Gasteiger partial charge in [0, 0.05) is 55.8 Å². The maximum atomic E-state index is 5.77. The van der Waals surface area contributed by atoms with Crippen LogP contribution in [0.25, 0.3) is 5.65 Å². The topological polar surface area (TPSA) is 23.8 Å². The summed E-state index contributed by atoms with van der Waals surface area (Å²) in [6, 6.07) is 17.0. The Hall–Kier alpha value is -2.66. The van der Waals surface area contributed by atoms with Crippen LogP contribution < -0.4 is 0 Å². The van der Waals surface area contributed by atoms with Gasteiger partial charge in [-0.05, 0) is 56.3 Å². The highest BCUT2D eigenvalue weighted by atomic mass is 35.5. The van der Waals surface area contributed by atoms with Gasteiger partial charge in [0.2, 0.25) is 0 Å². The van der Waals surface area contributed by atoms with Gasteiger partial charge in [-0.25, -0.2) is 4.98 Å². The third-order valence-electron chi connectivity index (χ3n) is 6.33. The second kappa shape index (κ2) is 18.6. The zero-order valence-electron chi connectivity index (χ0n) is 22.9. The smallest absolute Gasteiger partial charge is 0.136 e. The molecule has 3 heterocycles. The van der Waals surface area contributed by atoms with E-state index in [1.165, 1.54) is 50.4 Å². The lowest BCUT2D eigenvalue weighted by atomic mass is 10.2. The number of piperazine rings is 1. The summed E-state index contributed by atoms with van der Waals surface area (Å²) in [7, 11) is 0. The number of pyridine rings is 1. The maximum absolute atomic E-state index is 5.77. The molecule has 3 aromatic rings. The Morgan fingerprint density at radius 3 is 2.35 bits per heavy atom. The van der Waals surface area contributed by atoms with Gasteiger partial charge in [-0.3, -0.25) is 4.90 Å². The number of halogens is 1. The van der Waals surface area contributed by atoms with Crippen LogP contribution in [0, 0.1) is 0 Å². The summed E-state index contributed by atoms with van der Waals surface area (Å²) < 4.78 is 2.21. The molecule has 4 nitrogen and oxygen atoms in total. The largest absolute Gasteiger partial charge is 0.304 e. The predicted octanol–water partition coefficient (Wildman–Crippen LogP) is 7.76. The van der Waals surface area contributed by atoms with Gasteiger partial charge in [-0.1, -0.05) is 80.1 Å².